The van der Waals surface area contributed by atoms with E-state index in [4.69, 9.17) is 9.47 Å². The molecule has 0 amide bonds. The van der Waals surface area contributed by atoms with Crippen molar-refractivity contribution in [3.8, 4) is 5.75 Å². The lowest BCUT2D eigenvalue weighted by atomic mass is 9.93. The molecule has 2 N–H and O–H groups in total. The zero-order chi connectivity index (χ0) is 20.6. The van der Waals surface area contributed by atoms with Gasteiger partial charge in [-0.15, -0.1) is 0 Å². The Labute approximate surface area is 170 Å². The Morgan fingerprint density at radius 2 is 2.11 bits per heavy atom. The van der Waals surface area contributed by atoms with Crippen molar-refractivity contribution in [3.63, 3.8) is 0 Å². The van der Waals surface area contributed by atoms with Gasteiger partial charge >= 0.3 is 0 Å². The summed E-state index contributed by atoms with van der Waals surface area (Å²) in [5.41, 5.74) is 2.47. The normalized spacial score (nSPS) is 17.8. The number of guanidine groups is 1. The zero-order valence-corrected chi connectivity index (χ0v) is 18.5. The van der Waals surface area contributed by atoms with Crippen LogP contribution in [-0.4, -0.2) is 64.4 Å². The highest BCUT2D eigenvalue weighted by Gasteiger charge is 2.20. The molecule has 1 atom stereocenters. The van der Waals surface area contributed by atoms with E-state index in [2.05, 4.69) is 73.6 Å². The first kappa shape index (κ1) is 22.5. The van der Waals surface area contributed by atoms with E-state index in [0.717, 1.165) is 49.8 Å². The first-order valence-corrected chi connectivity index (χ1v) is 10.2. The average Bonchev–Trinajstić information content (AvgIpc) is 3.13. The van der Waals surface area contributed by atoms with E-state index >= 15 is 0 Å². The molecule has 1 aliphatic heterocycles. The summed E-state index contributed by atoms with van der Waals surface area (Å²) in [6.07, 6.45) is 2.43. The van der Waals surface area contributed by atoms with Crippen molar-refractivity contribution in [2.75, 3.05) is 47.4 Å². The topological polar surface area (TPSA) is 58.1 Å². The van der Waals surface area contributed by atoms with E-state index in [-0.39, 0.29) is 11.5 Å². The number of hydrogen-bond donors (Lipinski definition) is 2. The van der Waals surface area contributed by atoms with E-state index in [1.807, 2.05) is 0 Å². The van der Waals surface area contributed by atoms with Crippen LogP contribution in [0, 0.1) is 12.3 Å². The van der Waals surface area contributed by atoms with E-state index < -0.39 is 0 Å². The van der Waals surface area contributed by atoms with Gasteiger partial charge in [0.25, 0.3) is 0 Å². The van der Waals surface area contributed by atoms with Gasteiger partial charge in [0, 0.05) is 38.9 Å². The third kappa shape index (κ3) is 7.68. The summed E-state index contributed by atoms with van der Waals surface area (Å²) in [7, 11) is 6.01. The lowest BCUT2D eigenvalue weighted by molar-refractivity contribution is 0.0676. The van der Waals surface area contributed by atoms with Crippen molar-refractivity contribution >= 4 is 5.96 Å². The van der Waals surface area contributed by atoms with Gasteiger partial charge in [-0.1, -0.05) is 26.0 Å². The summed E-state index contributed by atoms with van der Waals surface area (Å²) in [5, 5.41) is 6.86. The van der Waals surface area contributed by atoms with Crippen LogP contribution in [0.5, 0.6) is 5.75 Å². The van der Waals surface area contributed by atoms with Crippen LogP contribution in [0.15, 0.2) is 23.2 Å². The molecule has 158 valence electrons. The van der Waals surface area contributed by atoms with Crippen LogP contribution in [0.2, 0.25) is 0 Å². The summed E-state index contributed by atoms with van der Waals surface area (Å²) in [4.78, 5) is 6.57. The molecule has 0 spiro atoms. The zero-order valence-electron chi connectivity index (χ0n) is 18.5. The summed E-state index contributed by atoms with van der Waals surface area (Å²) in [5.74, 6) is 1.73. The molecule has 6 heteroatoms. The Morgan fingerprint density at radius 1 is 1.32 bits per heavy atom. The lowest BCUT2D eigenvalue weighted by Gasteiger charge is -2.29. The number of benzene rings is 1. The van der Waals surface area contributed by atoms with Crippen LogP contribution in [0.4, 0.5) is 0 Å². The van der Waals surface area contributed by atoms with Crippen LogP contribution >= 0.6 is 0 Å². The monoisotopic (exact) mass is 390 g/mol. The van der Waals surface area contributed by atoms with Gasteiger partial charge in [-0.05, 0) is 50.9 Å². The van der Waals surface area contributed by atoms with Crippen molar-refractivity contribution in [2.45, 2.75) is 46.3 Å². The number of hydrogen-bond acceptors (Lipinski definition) is 4. The number of aryl methyl sites for hydroxylation is 1. The first-order valence-electron chi connectivity index (χ1n) is 10.2. The second kappa shape index (κ2) is 10.7. The van der Waals surface area contributed by atoms with E-state index in [1.165, 1.54) is 5.56 Å². The predicted octanol–water partition coefficient (Wildman–Crippen LogP) is 2.81. The van der Waals surface area contributed by atoms with Gasteiger partial charge in [0.05, 0.1) is 6.10 Å². The highest BCUT2D eigenvalue weighted by molar-refractivity contribution is 5.79. The highest BCUT2D eigenvalue weighted by atomic mass is 16.5. The van der Waals surface area contributed by atoms with Crippen molar-refractivity contribution in [3.05, 3.63) is 29.3 Å². The van der Waals surface area contributed by atoms with Crippen LogP contribution in [0.1, 0.15) is 37.8 Å². The van der Waals surface area contributed by atoms with Crippen LogP contribution in [0.25, 0.3) is 0 Å². The van der Waals surface area contributed by atoms with Gasteiger partial charge in [0.1, 0.15) is 12.4 Å². The summed E-state index contributed by atoms with van der Waals surface area (Å²) >= 11 is 0. The Hall–Kier alpha value is -1.79. The van der Waals surface area contributed by atoms with Gasteiger partial charge < -0.3 is 25.0 Å². The Balaban J connectivity index is 1.90. The molecule has 2 rings (SSSR count). The molecule has 0 radical (unpaired) electrons. The van der Waals surface area contributed by atoms with E-state index in [1.54, 1.807) is 7.05 Å². The molecule has 1 saturated heterocycles. The number of nitrogens with zero attached hydrogens (tertiary/aromatic N) is 2. The second-order valence-corrected chi connectivity index (χ2v) is 8.74. The first-order chi connectivity index (χ1) is 13.3. The maximum atomic E-state index is 6.10. The molecule has 1 heterocycles. The smallest absolute Gasteiger partial charge is 0.191 e. The Morgan fingerprint density at radius 3 is 2.75 bits per heavy atom. The number of aliphatic imine (C=N–C) groups is 1. The van der Waals surface area contributed by atoms with Crippen molar-refractivity contribution < 1.29 is 9.47 Å². The van der Waals surface area contributed by atoms with Crippen LogP contribution < -0.4 is 15.4 Å². The molecular formula is C22H38N4O2. The van der Waals surface area contributed by atoms with Gasteiger partial charge in [0.2, 0.25) is 0 Å². The fourth-order valence-electron chi connectivity index (χ4n) is 3.54. The van der Waals surface area contributed by atoms with E-state index in [9.17, 15) is 0 Å². The molecule has 1 aromatic rings. The molecule has 6 nitrogen and oxygen atoms in total. The molecule has 1 fully saturated rings. The van der Waals surface area contributed by atoms with Gasteiger partial charge in [-0.3, -0.25) is 4.99 Å². The quantitative estimate of drug-likeness (QED) is 0.502. The number of nitrogens with one attached hydrogen (secondary N) is 2. The fraction of sp³-hybridized carbons (Fsp3) is 0.682. The summed E-state index contributed by atoms with van der Waals surface area (Å²) < 4.78 is 11.8. The van der Waals surface area contributed by atoms with Crippen molar-refractivity contribution in [1.29, 1.82) is 0 Å². The summed E-state index contributed by atoms with van der Waals surface area (Å²) in [6.45, 7) is 10.6. The molecule has 0 bridgehead atoms. The van der Waals surface area contributed by atoms with Gasteiger partial charge in [-0.2, -0.15) is 0 Å². The predicted molar refractivity (Wildman–Crippen MR) is 116 cm³/mol. The molecule has 1 aromatic carbocycles. The molecule has 0 aliphatic carbocycles. The maximum Gasteiger partial charge on any atom is 0.191 e. The molecular weight excluding hydrogens is 352 g/mol. The van der Waals surface area contributed by atoms with Crippen molar-refractivity contribution in [1.82, 2.24) is 15.5 Å². The highest BCUT2D eigenvalue weighted by Crippen LogP contribution is 2.22. The van der Waals surface area contributed by atoms with Crippen LogP contribution in [-0.2, 0) is 11.3 Å². The number of ether oxygens (including phenoxy) is 2. The lowest BCUT2D eigenvalue weighted by Crippen LogP contribution is -2.44. The van der Waals surface area contributed by atoms with Crippen LogP contribution in [0.3, 0.4) is 0 Å². The fourth-order valence-corrected chi connectivity index (χ4v) is 3.54. The minimum absolute atomic E-state index is 0.153. The Kier molecular flexibility index (Phi) is 8.58. The second-order valence-electron chi connectivity index (χ2n) is 8.74. The maximum absolute atomic E-state index is 6.10. The number of rotatable bonds is 9. The molecule has 0 saturated carbocycles. The molecule has 1 unspecified atom stereocenters. The summed E-state index contributed by atoms with van der Waals surface area (Å²) in [6, 6.07) is 6.34. The minimum Gasteiger partial charge on any atom is -0.491 e. The standard InChI is InChI=1S/C22H38N4O2/c1-17-9-10-18(20(12-17)28-14-19-8-7-11-27-19)13-24-21(23-4)25-15-22(2,3)16-26(5)6/h9-10,12,19H,7-8,11,13-16H2,1-6H3,(H2,23,24,25). The SMILES string of the molecule is CN=C(NCc1ccc(C)cc1OCC1CCCO1)NCC(C)(C)CN(C)C. The minimum atomic E-state index is 0.153. The van der Waals surface area contributed by atoms with E-state index in [0.29, 0.717) is 13.2 Å². The Bertz CT molecular complexity index is 637. The average molecular weight is 391 g/mol. The molecule has 1 aliphatic rings. The van der Waals surface area contributed by atoms with Gasteiger partial charge in [-0.25, -0.2) is 0 Å². The third-order valence-corrected chi connectivity index (χ3v) is 4.82. The molecule has 28 heavy (non-hydrogen) atoms. The van der Waals surface area contributed by atoms with Crippen molar-refractivity contribution in [2.24, 2.45) is 10.4 Å². The third-order valence-electron chi connectivity index (χ3n) is 4.82. The van der Waals surface area contributed by atoms with Gasteiger partial charge in [0.15, 0.2) is 5.96 Å². The molecule has 0 aromatic heterocycles. The largest absolute Gasteiger partial charge is 0.491 e.